The maximum atomic E-state index is 6.20. The summed E-state index contributed by atoms with van der Waals surface area (Å²) in [5.41, 5.74) is 14.2. The van der Waals surface area contributed by atoms with Gasteiger partial charge in [-0.15, -0.1) is 0 Å². The number of fused-ring (bicyclic) bond motifs is 5. The van der Waals surface area contributed by atoms with Gasteiger partial charge < -0.3 is 57.5 Å². The smallest absolute Gasteiger partial charge is 0.142 e. The number of rotatable bonds is 21. The highest BCUT2D eigenvalue weighted by atomic mass is 16.5. The van der Waals surface area contributed by atoms with Crippen LogP contribution in [0.15, 0.2) is 266 Å². The van der Waals surface area contributed by atoms with Gasteiger partial charge >= 0.3 is 0 Å². The SMILES string of the molecule is C=C1C=C(N(c2ccc(OC)cc2)c2ccc(OC)cc2)/C=C\C(N(c2ccc(OC)cc2)[C@@H](C)C(C)OC)=C/C(=C)C12c1cc(N(C3=CC=C3OC)c3ccc(OC)cc3)ccc1-c1ccc(N(c3ccc(OC)cc3)c3ccc(OC)cc3)cc12. The standard InChI is InChI=1S/C75H72N4O8/c1-49-45-59(76(51(3)52(4)80-5)53-15-29-63(81-6)30-16-53)13-14-60(77(54-17-31-64(82-7)32-18-54)55-19-33-65(83-8)34-20-55)46-50(2)75(49)71-47-61(78(56-21-35-66(84-9)36-22-56)57-23-37-67(85-10)38-24-57)27-41-69(71)70-42-28-62(48-72(70)75)79(73-43-44-74(73)87-12)58-25-39-68(86-11)40-26-58/h13-48,51-52H,1-2H2,3-12H3/b14-13-,59-45+,60-46?/t51-,52?,75?/m0/s1. The van der Waals surface area contributed by atoms with Crippen LogP contribution in [0.5, 0.6) is 34.5 Å². The average Bonchev–Trinajstić information content (AvgIpc) is 1.60. The van der Waals surface area contributed by atoms with Crippen LogP contribution in [0.3, 0.4) is 0 Å². The second kappa shape index (κ2) is 25.1. The summed E-state index contributed by atoms with van der Waals surface area (Å²) in [5.74, 6) is 5.19. The third-order valence-corrected chi connectivity index (χ3v) is 16.8. The lowest BCUT2D eigenvalue weighted by atomic mass is 9.67. The third-order valence-electron chi connectivity index (χ3n) is 16.8. The van der Waals surface area contributed by atoms with E-state index in [-0.39, 0.29) is 12.1 Å². The molecule has 3 atom stereocenters. The predicted molar refractivity (Wildman–Crippen MR) is 352 cm³/mol. The quantitative estimate of drug-likeness (QED) is 0.0687. The molecular formula is C75H72N4O8. The highest BCUT2D eigenvalue weighted by molar-refractivity contribution is 5.93. The van der Waals surface area contributed by atoms with Gasteiger partial charge in [-0.2, -0.15) is 0 Å². The summed E-state index contributed by atoms with van der Waals surface area (Å²) in [6, 6.07) is 62.0. The maximum Gasteiger partial charge on any atom is 0.142 e. The number of ether oxygens (including phenoxy) is 8. The Bertz CT molecular complexity index is 3880. The molecule has 0 N–H and O–H groups in total. The van der Waals surface area contributed by atoms with Crippen molar-refractivity contribution in [3.8, 4) is 45.6 Å². The van der Waals surface area contributed by atoms with Crippen LogP contribution in [0.2, 0.25) is 0 Å². The first-order valence-corrected chi connectivity index (χ1v) is 28.7. The lowest BCUT2D eigenvalue weighted by Crippen LogP contribution is -2.40. The molecule has 11 rings (SSSR count). The monoisotopic (exact) mass is 1160 g/mol. The van der Waals surface area contributed by atoms with Gasteiger partial charge in [0.2, 0.25) is 0 Å². The molecule has 0 bridgehead atoms. The summed E-state index contributed by atoms with van der Waals surface area (Å²) in [7, 11) is 13.5. The van der Waals surface area contributed by atoms with Crippen molar-refractivity contribution < 1.29 is 37.9 Å². The van der Waals surface area contributed by atoms with E-state index in [4.69, 9.17) is 51.1 Å². The average molecular weight is 1160 g/mol. The molecule has 2 unspecified atom stereocenters. The predicted octanol–water partition coefficient (Wildman–Crippen LogP) is 17.3. The number of hydrogen-bond donors (Lipinski definition) is 0. The van der Waals surface area contributed by atoms with Crippen LogP contribution >= 0.6 is 0 Å². The summed E-state index contributed by atoms with van der Waals surface area (Å²) in [5, 5.41) is 0. The van der Waals surface area contributed by atoms with Crippen molar-refractivity contribution in [2.24, 2.45) is 0 Å². The molecule has 0 heterocycles. The van der Waals surface area contributed by atoms with Crippen molar-refractivity contribution in [2.45, 2.75) is 31.4 Å². The number of benzene rings is 8. The minimum atomic E-state index is -1.18. The molecule has 0 amide bonds. The van der Waals surface area contributed by atoms with Crippen molar-refractivity contribution in [3.05, 3.63) is 277 Å². The minimum Gasteiger partial charge on any atom is -0.497 e. The lowest BCUT2D eigenvalue weighted by molar-refractivity contribution is 0.0997. The molecule has 3 aliphatic carbocycles. The molecule has 0 aliphatic heterocycles. The number of hydrogen-bond acceptors (Lipinski definition) is 12. The summed E-state index contributed by atoms with van der Waals surface area (Å²) in [4.78, 5) is 9.05. The van der Waals surface area contributed by atoms with Crippen LogP contribution in [-0.4, -0.2) is 69.0 Å². The second-order valence-electron chi connectivity index (χ2n) is 21.3. The first-order valence-electron chi connectivity index (χ1n) is 28.7. The normalized spacial score (nSPS) is 16.5. The van der Waals surface area contributed by atoms with Crippen LogP contribution in [0.25, 0.3) is 11.1 Å². The molecule has 8 aromatic rings. The minimum absolute atomic E-state index is 0.209. The Morgan fingerprint density at radius 1 is 0.356 bits per heavy atom. The van der Waals surface area contributed by atoms with E-state index in [9.17, 15) is 0 Å². The fourth-order valence-electron chi connectivity index (χ4n) is 11.9. The van der Waals surface area contributed by atoms with Gasteiger partial charge in [0, 0.05) is 64.0 Å². The molecule has 3 aliphatic rings. The van der Waals surface area contributed by atoms with Crippen LogP contribution in [0.1, 0.15) is 25.0 Å². The molecule has 1 spiro atoms. The van der Waals surface area contributed by atoms with Gasteiger partial charge in [0.05, 0.1) is 73.0 Å². The highest BCUT2D eigenvalue weighted by Crippen LogP contribution is 2.60. The first-order chi connectivity index (χ1) is 42.4. The molecule has 0 saturated carbocycles. The molecular weight excluding hydrogens is 1080 g/mol. The van der Waals surface area contributed by atoms with E-state index in [1.807, 2.05) is 78.9 Å². The van der Waals surface area contributed by atoms with Crippen molar-refractivity contribution in [3.63, 3.8) is 0 Å². The van der Waals surface area contributed by atoms with E-state index >= 15 is 0 Å². The molecule has 12 heteroatoms. The Labute approximate surface area is 511 Å². The van der Waals surface area contributed by atoms with Gasteiger partial charge in [-0.25, -0.2) is 0 Å². The van der Waals surface area contributed by atoms with E-state index in [1.165, 1.54) is 0 Å². The van der Waals surface area contributed by atoms with Gasteiger partial charge in [-0.3, -0.25) is 0 Å². The van der Waals surface area contributed by atoms with Crippen molar-refractivity contribution >= 4 is 45.5 Å². The summed E-state index contributed by atoms with van der Waals surface area (Å²) < 4.78 is 46.5. The molecule has 0 saturated heterocycles. The molecule has 440 valence electrons. The zero-order valence-electron chi connectivity index (χ0n) is 50.9. The summed E-state index contributed by atoms with van der Waals surface area (Å²) >= 11 is 0. The lowest BCUT2D eigenvalue weighted by Gasteiger charge is -2.38. The van der Waals surface area contributed by atoms with Crippen molar-refractivity contribution in [2.75, 3.05) is 76.5 Å². The summed E-state index contributed by atoms with van der Waals surface area (Å²) in [6.07, 6.45) is 12.6. The number of methoxy groups -OCH3 is 8. The number of allylic oxidation sites excluding steroid dienone is 8. The van der Waals surface area contributed by atoms with E-state index < -0.39 is 5.41 Å². The fraction of sp³-hybridized carbons (Fsp3) is 0.173. The van der Waals surface area contributed by atoms with Gasteiger partial charge in [0.15, 0.2) is 0 Å². The van der Waals surface area contributed by atoms with E-state index in [0.717, 1.165) is 136 Å². The van der Waals surface area contributed by atoms with Crippen LogP contribution in [-0.2, 0) is 14.9 Å². The van der Waals surface area contributed by atoms with Crippen LogP contribution < -0.4 is 48.0 Å². The van der Waals surface area contributed by atoms with Crippen molar-refractivity contribution in [1.29, 1.82) is 0 Å². The van der Waals surface area contributed by atoms with Crippen molar-refractivity contribution in [1.82, 2.24) is 0 Å². The van der Waals surface area contributed by atoms with Crippen LogP contribution in [0.4, 0.5) is 45.5 Å². The summed E-state index contributed by atoms with van der Waals surface area (Å²) in [6.45, 7) is 14.9. The second-order valence-corrected chi connectivity index (χ2v) is 21.3. The molecule has 0 fully saturated rings. The molecule has 12 nitrogen and oxygen atoms in total. The highest BCUT2D eigenvalue weighted by Gasteiger charge is 2.48. The van der Waals surface area contributed by atoms with Gasteiger partial charge in [0.1, 0.15) is 40.3 Å². The van der Waals surface area contributed by atoms with Gasteiger partial charge in [-0.05, 0) is 254 Å². The van der Waals surface area contributed by atoms with Gasteiger partial charge in [0.25, 0.3) is 0 Å². The Morgan fingerprint density at radius 3 is 1.05 bits per heavy atom. The fourth-order valence-corrected chi connectivity index (χ4v) is 11.9. The largest absolute Gasteiger partial charge is 0.497 e. The Kier molecular flexibility index (Phi) is 16.9. The molecule has 8 aromatic carbocycles. The zero-order chi connectivity index (χ0) is 60.9. The molecule has 0 aromatic heterocycles. The van der Waals surface area contributed by atoms with E-state index in [2.05, 4.69) is 173 Å². The van der Waals surface area contributed by atoms with E-state index in [1.54, 1.807) is 56.9 Å². The zero-order valence-corrected chi connectivity index (χ0v) is 50.9. The third kappa shape index (κ3) is 11.0. The Hall–Kier alpha value is -10.3. The Balaban J connectivity index is 1.24. The first kappa shape index (κ1) is 58.5. The number of anilines is 8. The van der Waals surface area contributed by atoms with Gasteiger partial charge in [-0.1, -0.05) is 25.3 Å². The van der Waals surface area contributed by atoms with Crippen LogP contribution in [0, 0.1) is 0 Å². The Morgan fingerprint density at radius 2 is 0.690 bits per heavy atom. The molecule has 0 radical (unpaired) electrons. The topological polar surface area (TPSA) is 86.8 Å². The maximum absolute atomic E-state index is 6.20. The van der Waals surface area contributed by atoms with E-state index in [0.29, 0.717) is 0 Å². The molecule has 87 heavy (non-hydrogen) atoms. The number of nitrogens with zero attached hydrogens (tertiary/aromatic N) is 4.